The van der Waals surface area contributed by atoms with Crippen molar-refractivity contribution in [2.75, 3.05) is 26.7 Å². The van der Waals surface area contributed by atoms with Crippen LogP contribution in [0.3, 0.4) is 0 Å². The second-order valence-corrected chi connectivity index (χ2v) is 6.81. The Kier molecular flexibility index (Phi) is 4.21. The van der Waals surface area contributed by atoms with E-state index in [9.17, 15) is 4.79 Å². The van der Waals surface area contributed by atoms with Gasteiger partial charge in [-0.3, -0.25) is 4.79 Å². The monoisotopic (exact) mass is 299 g/mol. The number of carbonyl (C=O) groups is 1. The van der Waals surface area contributed by atoms with Crippen molar-refractivity contribution in [3.05, 3.63) is 35.5 Å². The Morgan fingerprint density at radius 1 is 1.41 bits per heavy atom. The fraction of sp³-hybridized carbons (Fsp3) is 0.500. The lowest BCUT2D eigenvalue weighted by atomic mass is 10.0. The third-order valence-electron chi connectivity index (χ3n) is 4.60. The Labute approximate surface area is 131 Å². The number of likely N-dealkylation sites (tertiary alicyclic amines) is 1. The Hall–Kier alpha value is -1.81. The number of hydrogen-bond acceptors (Lipinski definition) is 2. The van der Waals surface area contributed by atoms with E-state index in [0.717, 1.165) is 30.5 Å². The van der Waals surface area contributed by atoms with Crippen molar-refractivity contribution in [1.82, 2.24) is 15.2 Å². The third kappa shape index (κ3) is 3.17. The summed E-state index contributed by atoms with van der Waals surface area (Å²) in [4.78, 5) is 17.9. The highest BCUT2D eigenvalue weighted by molar-refractivity contribution is 5.98. The maximum Gasteiger partial charge on any atom is 0.267 e. The quantitative estimate of drug-likeness (QED) is 0.912. The van der Waals surface area contributed by atoms with Crippen LogP contribution in [0.25, 0.3) is 10.9 Å². The summed E-state index contributed by atoms with van der Waals surface area (Å²) >= 11 is 0. The molecule has 118 valence electrons. The van der Waals surface area contributed by atoms with Gasteiger partial charge in [-0.05, 0) is 49.5 Å². The van der Waals surface area contributed by atoms with Crippen LogP contribution in [0.1, 0.15) is 42.2 Å². The standard InChI is InChI=1S/C18H25N3O/c1-12(2)14-4-5-15-9-17(20-16(15)8-14)18(22)19-10-13-6-7-21(3)11-13/h4-5,8-9,12-13,20H,6-7,10-11H2,1-3H3,(H,19,22)/t13-/m0/s1. The molecule has 0 unspecified atom stereocenters. The Morgan fingerprint density at radius 3 is 2.91 bits per heavy atom. The largest absolute Gasteiger partial charge is 0.351 e. The van der Waals surface area contributed by atoms with Crippen molar-refractivity contribution in [2.45, 2.75) is 26.2 Å². The summed E-state index contributed by atoms with van der Waals surface area (Å²) in [6.45, 7) is 7.32. The van der Waals surface area contributed by atoms with Crippen molar-refractivity contribution in [3.8, 4) is 0 Å². The van der Waals surface area contributed by atoms with Gasteiger partial charge in [-0.1, -0.05) is 26.0 Å². The molecule has 2 N–H and O–H groups in total. The minimum Gasteiger partial charge on any atom is -0.351 e. The molecule has 1 aromatic carbocycles. The van der Waals surface area contributed by atoms with E-state index in [-0.39, 0.29) is 5.91 Å². The average Bonchev–Trinajstić information content (AvgIpc) is 3.09. The Balaban J connectivity index is 1.68. The normalized spacial score (nSPS) is 19.2. The van der Waals surface area contributed by atoms with E-state index in [2.05, 4.69) is 54.3 Å². The van der Waals surface area contributed by atoms with Crippen LogP contribution in [0.15, 0.2) is 24.3 Å². The summed E-state index contributed by atoms with van der Waals surface area (Å²) in [5.41, 5.74) is 2.98. The zero-order valence-corrected chi connectivity index (χ0v) is 13.6. The van der Waals surface area contributed by atoms with Gasteiger partial charge in [-0.2, -0.15) is 0 Å². The fourth-order valence-corrected chi connectivity index (χ4v) is 3.15. The molecule has 22 heavy (non-hydrogen) atoms. The number of carbonyl (C=O) groups excluding carboxylic acids is 1. The molecule has 0 aliphatic carbocycles. The molecule has 0 saturated carbocycles. The van der Waals surface area contributed by atoms with E-state index in [0.29, 0.717) is 17.5 Å². The van der Waals surface area contributed by atoms with Gasteiger partial charge >= 0.3 is 0 Å². The van der Waals surface area contributed by atoms with Crippen molar-refractivity contribution >= 4 is 16.8 Å². The second kappa shape index (κ2) is 6.13. The van der Waals surface area contributed by atoms with Crippen molar-refractivity contribution in [3.63, 3.8) is 0 Å². The molecular formula is C18H25N3O. The van der Waals surface area contributed by atoms with Crippen molar-refractivity contribution in [2.24, 2.45) is 5.92 Å². The molecule has 1 aliphatic rings. The number of aromatic amines is 1. The second-order valence-electron chi connectivity index (χ2n) is 6.81. The first-order valence-corrected chi connectivity index (χ1v) is 8.12. The van der Waals surface area contributed by atoms with E-state index in [1.807, 2.05) is 6.07 Å². The number of H-pyrrole nitrogens is 1. The number of nitrogens with one attached hydrogen (secondary N) is 2. The molecule has 4 nitrogen and oxygen atoms in total. The van der Waals surface area contributed by atoms with E-state index >= 15 is 0 Å². The maximum absolute atomic E-state index is 12.3. The highest BCUT2D eigenvalue weighted by Gasteiger charge is 2.20. The van der Waals surface area contributed by atoms with Crippen molar-refractivity contribution in [1.29, 1.82) is 0 Å². The van der Waals surface area contributed by atoms with Crippen LogP contribution in [-0.2, 0) is 0 Å². The highest BCUT2D eigenvalue weighted by Crippen LogP contribution is 2.22. The first-order valence-electron chi connectivity index (χ1n) is 8.12. The Bertz CT molecular complexity index is 674. The molecule has 2 aromatic rings. The lowest BCUT2D eigenvalue weighted by molar-refractivity contribution is 0.0943. The molecule has 2 heterocycles. The van der Waals surface area contributed by atoms with Gasteiger partial charge in [0, 0.05) is 24.0 Å². The number of hydrogen-bond donors (Lipinski definition) is 2. The SMILES string of the molecule is CC(C)c1ccc2cc(C(=O)NC[C@@H]3CCN(C)C3)[nH]c2c1. The highest BCUT2D eigenvalue weighted by atomic mass is 16.1. The fourth-order valence-electron chi connectivity index (χ4n) is 3.15. The first-order chi connectivity index (χ1) is 10.5. The van der Waals surface area contributed by atoms with E-state index in [1.54, 1.807) is 0 Å². The lowest BCUT2D eigenvalue weighted by Crippen LogP contribution is -2.30. The molecule has 4 heteroatoms. The molecule has 1 atom stereocenters. The summed E-state index contributed by atoms with van der Waals surface area (Å²) in [6, 6.07) is 8.30. The molecule has 1 amide bonds. The summed E-state index contributed by atoms with van der Waals surface area (Å²) in [6.07, 6.45) is 1.17. The van der Waals surface area contributed by atoms with Crippen LogP contribution < -0.4 is 5.32 Å². The van der Waals surface area contributed by atoms with Crippen molar-refractivity contribution < 1.29 is 4.79 Å². The summed E-state index contributed by atoms with van der Waals surface area (Å²) in [5, 5.41) is 4.16. The third-order valence-corrected chi connectivity index (χ3v) is 4.60. The molecule has 0 spiro atoms. The molecule has 1 aliphatic heterocycles. The van der Waals surface area contributed by atoms with Gasteiger partial charge in [0.25, 0.3) is 5.91 Å². The van der Waals surface area contributed by atoms with Crippen LogP contribution in [-0.4, -0.2) is 42.5 Å². The van der Waals surface area contributed by atoms with Crippen LogP contribution in [0.4, 0.5) is 0 Å². The maximum atomic E-state index is 12.3. The molecule has 1 fully saturated rings. The lowest BCUT2D eigenvalue weighted by Gasteiger charge is -2.11. The van der Waals surface area contributed by atoms with Gasteiger partial charge in [0.05, 0.1) is 0 Å². The van der Waals surface area contributed by atoms with E-state index in [4.69, 9.17) is 0 Å². The molecule has 0 bridgehead atoms. The van der Waals surface area contributed by atoms with Gasteiger partial charge in [0.2, 0.25) is 0 Å². The van der Waals surface area contributed by atoms with E-state index < -0.39 is 0 Å². The zero-order chi connectivity index (χ0) is 15.7. The van der Waals surface area contributed by atoms with Gasteiger partial charge in [-0.15, -0.1) is 0 Å². The zero-order valence-electron chi connectivity index (χ0n) is 13.6. The summed E-state index contributed by atoms with van der Waals surface area (Å²) in [5.74, 6) is 1.06. The van der Waals surface area contributed by atoms with Gasteiger partial charge < -0.3 is 15.2 Å². The Morgan fingerprint density at radius 2 is 2.23 bits per heavy atom. The molecule has 1 aromatic heterocycles. The van der Waals surface area contributed by atoms with Crippen LogP contribution in [0.2, 0.25) is 0 Å². The number of amides is 1. The number of aromatic nitrogens is 1. The number of fused-ring (bicyclic) bond motifs is 1. The molecular weight excluding hydrogens is 274 g/mol. The molecule has 3 rings (SSSR count). The predicted octanol–water partition coefficient (Wildman–Crippen LogP) is 2.97. The molecule has 1 saturated heterocycles. The summed E-state index contributed by atoms with van der Waals surface area (Å²) in [7, 11) is 2.13. The minimum absolute atomic E-state index is 0.00292. The number of benzene rings is 1. The average molecular weight is 299 g/mol. The van der Waals surface area contributed by atoms with Gasteiger partial charge in [-0.25, -0.2) is 0 Å². The van der Waals surface area contributed by atoms with Gasteiger partial charge in [0.1, 0.15) is 5.69 Å². The predicted molar refractivity (Wildman–Crippen MR) is 90.3 cm³/mol. The minimum atomic E-state index is -0.00292. The number of nitrogens with zero attached hydrogens (tertiary/aromatic N) is 1. The topological polar surface area (TPSA) is 48.1 Å². The van der Waals surface area contributed by atoms with Gasteiger partial charge in [0.15, 0.2) is 0 Å². The first kappa shape index (κ1) is 15.1. The smallest absolute Gasteiger partial charge is 0.267 e. The van der Waals surface area contributed by atoms with E-state index in [1.165, 1.54) is 12.0 Å². The van der Waals surface area contributed by atoms with Crippen LogP contribution in [0.5, 0.6) is 0 Å². The summed E-state index contributed by atoms with van der Waals surface area (Å²) < 4.78 is 0. The molecule has 0 radical (unpaired) electrons. The van der Waals surface area contributed by atoms with Crippen LogP contribution >= 0.6 is 0 Å². The van der Waals surface area contributed by atoms with Crippen LogP contribution in [0, 0.1) is 5.92 Å². The number of rotatable bonds is 4.